The molecule has 3 aliphatic rings. The Balaban J connectivity index is 1.50. The van der Waals surface area contributed by atoms with Crippen molar-refractivity contribution in [3.63, 3.8) is 0 Å². The van der Waals surface area contributed by atoms with Crippen LogP contribution in [0.4, 0.5) is 0 Å². The van der Waals surface area contributed by atoms with Gasteiger partial charge in [0.05, 0.1) is 6.54 Å². The van der Waals surface area contributed by atoms with Crippen molar-refractivity contribution in [1.82, 2.24) is 9.91 Å². The smallest absolute Gasteiger partial charge is 0.122 e. The van der Waals surface area contributed by atoms with Crippen molar-refractivity contribution in [2.75, 3.05) is 26.2 Å². The summed E-state index contributed by atoms with van der Waals surface area (Å²) >= 11 is 0. The van der Waals surface area contributed by atoms with Crippen LogP contribution in [0.1, 0.15) is 59.3 Å². The van der Waals surface area contributed by atoms with Gasteiger partial charge >= 0.3 is 0 Å². The average Bonchev–Trinajstić information content (AvgIpc) is 2.89. The lowest BCUT2D eigenvalue weighted by Gasteiger charge is -2.26. The first kappa shape index (κ1) is 27.7. The van der Waals surface area contributed by atoms with E-state index in [0.717, 1.165) is 56.7 Å². The minimum Gasteiger partial charge on any atom is -0.401 e. The van der Waals surface area contributed by atoms with Gasteiger partial charge in [0.2, 0.25) is 0 Å². The first-order valence-electron chi connectivity index (χ1n) is 13.5. The molecule has 5 nitrogen and oxygen atoms in total. The Kier molecular flexibility index (Phi) is 10.7. The number of hydrogen-bond acceptors (Lipinski definition) is 4. The number of hydrogen-bond donors (Lipinski definition) is 1. The number of allylic oxidation sites excluding steroid dienone is 10. The van der Waals surface area contributed by atoms with Gasteiger partial charge in [-0.1, -0.05) is 68.5 Å². The summed E-state index contributed by atoms with van der Waals surface area (Å²) in [5.41, 5.74) is 11.7. The third-order valence-electron chi connectivity index (χ3n) is 7.18. The van der Waals surface area contributed by atoms with E-state index >= 15 is 0 Å². The van der Waals surface area contributed by atoms with E-state index in [0.29, 0.717) is 24.1 Å². The quantitative estimate of drug-likeness (QED) is 0.193. The molecule has 36 heavy (non-hydrogen) atoms. The zero-order chi connectivity index (χ0) is 25.9. The zero-order valence-electron chi connectivity index (χ0n) is 22.6. The van der Waals surface area contributed by atoms with E-state index in [1.165, 1.54) is 29.7 Å². The highest BCUT2D eigenvalue weighted by Crippen LogP contribution is 2.33. The third kappa shape index (κ3) is 8.06. The largest absolute Gasteiger partial charge is 0.401 e. The van der Waals surface area contributed by atoms with E-state index in [1.54, 1.807) is 0 Å². The average molecular weight is 488 g/mol. The molecule has 0 bridgehead atoms. The normalized spacial score (nSPS) is 22.1. The fourth-order valence-electron chi connectivity index (χ4n) is 5.10. The Bertz CT molecular complexity index is 1000. The van der Waals surface area contributed by atoms with Crippen molar-refractivity contribution < 1.29 is 0 Å². The van der Waals surface area contributed by atoms with Gasteiger partial charge in [0.1, 0.15) is 5.84 Å². The SMILES string of the molecule is C=NN(C1=CC=C(CC2C=CC(C3C=CC(CN(CC)CCC)=CC3)=CC2)CC1)C(C)=NCC(=C)N. The topological polar surface area (TPSA) is 57.2 Å². The molecule has 0 aromatic heterocycles. The number of nitrogens with zero attached hydrogens (tertiary/aromatic N) is 4. The van der Waals surface area contributed by atoms with Gasteiger partial charge in [-0.15, -0.1) is 0 Å². The highest BCUT2D eigenvalue weighted by Gasteiger charge is 2.20. The first-order valence-corrected chi connectivity index (χ1v) is 13.5. The van der Waals surface area contributed by atoms with Crippen LogP contribution in [0.3, 0.4) is 0 Å². The van der Waals surface area contributed by atoms with Gasteiger partial charge in [0.25, 0.3) is 0 Å². The summed E-state index contributed by atoms with van der Waals surface area (Å²) in [5, 5.41) is 5.98. The Labute approximate surface area is 218 Å². The van der Waals surface area contributed by atoms with Crippen molar-refractivity contribution in [3.05, 3.63) is 83.3 Å². The Morgan fingerprint density at radius 3 is 2.50 bits per heavy atom. The minimum absolute atomic E-state index is 0.403. The Morgan fingerprint density at radius 2 is 1.94 bits per heavy atom. The lowest BCUT2D eigenvalue weighted by atomic mass is 9.82. The van der Waals surface area contributed by atoms with E-state index in [2.05, 4.69) is 90.7 Å². The number of amidine groups is 1. The van der Waals surface area contributed by atoms with Gasteiger partial charge in [0.15, 0.2) is 0 Å². The molecule has 194 valence electrons. The van der Waals surface area contributed by atoms with Crippen molar-refractivity contribution in [2.24, 2.45) is 27.7 Å². The van der Waals surface area contributed by atoms with Gasteiger partial charge < -0.3 is 5.73 Å². The molecule has 0 aromatic rings. The molecule has 0 saturated carbocycles. The van der Waals surface area contributed by atoms with E-state index in [-0.39, 0.29) is 0 Å². The van der Waals surface area contributed by atoms with Crippen LogP contribution in [0, 0.1) is 11.8 Å². The summed E-state index contributed by atoms with van der Waals surface area (Å²) in [5.74, 6) is 1.88. The molecule has 0 radical (unpaired) electrons. The predicted octanol–water partition coefficient (Wildman–Crippen LogP) is 6.53. The second kappa shape index (κ2) is 14.0. The zero-order valence-corrected chi connectivity index (χ0v) is 22.6. The Hall–Kier alpha value is -2.92. The van der Waals surface area contributed by atoms with Crippen LogP contribution < -0.4 is 5.73 Å². The molecule has 2 unspecified atom stereocenters. The van der Waals surface area contributed by atoms with Crippen LogP contribution in [0.5, 0.6) is 0 Å². The molecule has 0 saturated heterocycles. The van der Waals surface area contributed by atoms with Gasteiger partial charge in [0, 0.05) is 30.6 Å². The summed E-state index contributed by atoms with van der Waals surface area (Å²) < 4.78 is 0. The van der Waals surface area contributed by atoms with Gasteiger partial charge in [-0.2, -0.15) is 5.10 Å². The summed E-state index contributed by atoms with van der Waals surface area (Å²) in [6.45, 7) is 17.6. The van der Waals surface area contributed by atoms with Crippen molar-refractivity contribution in [3.8, 4) is 0 Å². The van der Waals surface area contributed by atoms with Gasteiger partial charge in [-0.05, 0) is 81.7 Å². The maximum atomic E-state index is 5.65. The summed E-state index contributed by atoms with van der Waals surface area (Å²) in [6, 6.07) is 0. The van der Waals surface area contributed by atoms with Crippen LogP contribution in [0.25, 0.3) is 0 Å². The van der Waals surface area contributed by atoms with Crippen molar-refractivity contribution in [1.29, 1.82) is 0 Å². The summed E-state index contributed by atoms with van der Waals surface area (Å²) in [4.78, 5) is 6.98. The molecule has 0 heterocycles. The monoisotopic (exact) mass is 487 g/mol. The van der Waals surface area contributed by atoms with E-state index in [1.807, 2.05) is 11.9 Å². The van der Waals surface area contributed by atoms with Crippen molar-refractivity contribution >= 4 is 12.6 Å². The molecule has 2 atom stereocenters. The molecular weight excluding hydrogens is 442 g/mol. The molecule has 0 amide bonds. The second-order valence-corrected chi connectivity index (χ2v) is 10.1. The van der Waals surface area contributed by atoms with E-state index < -0.39 is 0 Å². The number of aliphatic imine (C=N–C) groups is 1. The van der Waals surface area contributed by atoms with Crippen molar-refractivity contribution in [2.45, 2.75) is 59.3 Å². The minimum atomic E-state index is 0.403. The maximum Gasteiger partial charge on any atom is 0.122 e. The maximum absolute atomic E-state index is 5.65. The van der Waals surface area contributed by atoms with Crippen LogP contribution in [0.2, 0.25) is 0 Å². The van der Waals surface area contributed by atoms with E-state index in [4.69, 9.17) is 5.73 Å². The Morgan fingerprint density at radius 1 is 1.11 bits per heavy atom. The molecule has 0 aliphatic heterocycles. The fourth-order valence-corrected chi connectivity index (χ4v) is 5.10. The lowest BCUT2D eigenvalue weighted by Crippen LogP contribution is -2.26. The number of likely N-dealkylation sites (N-methyl/N-ethyl adjacent to an activating group) is 1. The molecule has 2 N–H and O–H groups in total. The molecule has 0 fully saturated rings. The lowest BCUT2D eigenvalue weighted by molar-refractivity contribution is 0.314. The summed E-state index contributed by atoms with van der Waals surface area (Å²) in [6.07, 6.45) is 25.4. The predicted molar refractivity (Wildman–Crippen MR) is 156 cm³/mol. The van der Waals surface area contributed by atoms with Crippen LogP contribution in [-0.2, 0) is 0 Å². The molecule has 0 aromatic carbocycles. The molecule has 3 aliphatic carbocycles. The second-order valence-electron chi connectivity index (χ2n) is 10.1. The summed E-state index contributed by atoms with van der Waals surface area (Å²) in [7, 11) is 0. The highest BCUT2D eigenvalue weighted by molar-refractivity contribution is 5.81. The number of rotatable bonds is 12. The van der Waals surface area contributed by atoms with Gasteiger partial charge in [-0.25, -0.2) is 5.01 Å². The first-order chi connectivity index (χ1) is 17.4. The van der Waals surface area contributed by atoms with Crippen LogP contribution >= 0.6 is 0 Å². The molecule has 5 heteroatoms. The number of hydrazone groups is 1. The molecular formula is C31H45N5. The van der Waals surface area contributed by atoms with Crippen LogP contribution in [-0.4, -0.2) is 48.6 Å². The molecule has 3 rings (SSSR count). The standard InChI is InChI=1S/C31H45N5/c1-6-20-35(7-2)23-28-10-16-30(17-11-28)29-14-8-26(9-15-29)21-27-12-18-31(19-13-27)36(33-5)25(4)34-22-24(3)32/h8,10-12,14-16,18,26,30H,3,5-7,9,13,17,19-23,32H2,1-2,4H3. The number of nitrogens with two attached hydrogens (primary N) is 1. The van der Waals surface area contributed by atoms with Gasteiger partial charge in [-0.3, -0.25) is 9.89 Å². The third-order valence-corrected chi connectivity index (χ3v) is 7.18. The van der Waals surface area contributed by atoms with Crippen LogP contribution in [0.15, 0.2) is 93.4 Å². The highest BCUT2D eigenvalue weighted by atomic mass is 15.5. The molecule has 0 spiro atoms. The van der Waals surface area contributed by atoms with E-state index in [9.17, 15) is 0 Å². The fraction of sp³-hybridized carbons (Fsp3) is 0.484.